The highest BCUT2D eigenvalue weighted by atomic mass is 35.5. The number of carbonyl (C=O) groups excluding carboxylic acids is 1. The number of carbonyl (C=O) groups is 1. The molecule has 27 heavy (non-hydrogen) atoms. The average molecular weight is 421 g/mol. The van der Waals surface area contributed by atoms with Gasteiger partial charge in [-0.2, -0.15) is 0 Å². The lowest BCUT2D eigenvalue weighted by Gasteiger charge is -2.14. The molecule has 0 bridgehead atoms. The Hall–Kier alpha value is -2.11. The summed E-state index contributed by atoms with van der Waals surface area (Å²) in [6.45, 7) is 0. The van der Waals surface area contributed by atoms with Gasteiger partial charge in [0.05, 0.1) is 5.92 Å². The van der Waals surface area contributed by atoms with E-state index in [4.69, 9.17) is 17.3 Å². The fraction of sp³-hybridized carbons (Fsp3) is 0.105. The van der Waals surface area contributed by atoms with E-state index in [1.54, 1.807) is 30.3 Å². The minimum Gasteiger partial charge on any atom is -0.399 e. The molecule has 1 heterocycles. The van der Waals surface area contributed by atoms with Crippen LogP contribution in [0.25, 0.3) is 16.2 Å². The monoisotopic (exact) mass is 420 g/mol. The molecule has 1 aromatic heterocycles. The minimum absolute atomic E-state index is 0.124. The van der Waals surface area contributed by atoms with Gasteiger partial charge in [-0.3, -0.25) is 9.36 Å². The molecule has 0 spiro atoms. The van der Waals surface area contributed by atoms with Gasteiger partial charge in [-0.25, -0.2) is 0 Å². The Labute approximate surface area is 166 Å². The first-order chi connectivity index (χ1) is 12.9. The second kappa shape index (κ2) is 8.72. The van der Waals surface area contributed by atoms with Crippen molar-refractivity contribution in [3.63, 3.8) is 0 Å². The number of benzene rings is 2. The molecule has 0 aliphatic carbocycles. The molecule has 0 fully saturated rings. The molecule has 0 aliphatic heterocycles. The van der Waals surface area contributed by atoms with Crippen molar-refractivity contribution in [3.8, 4) is 0 Å². The molecule has 8 heteroatoms. The molecule has 0 saturated heterocycles. The molecule has 5 nitrogen and oxygen atoms in total. The zero-order valence-corrected chi connectivity index (χ0v) is 16.8. The first-order valence-electron chi connectivity index (χ1n) is 8.15. The van der Waals surface area contributed by atoms with Crippen LogP contribution in [0.4, 0.5) is 5.69 Å². The van der Waals surface area contributed by atoms with Crippen LogP contribution in [0.5, 0.6) is 0 Å². The number of halogens is 1. The smallest absolute Gasteiger partial charge is 0.232 e. The van der Waals surface area contributed by atoms with Crippen LogP contribution in [0.1, 0.15) is 17.0 Å². The van der Waals surface area contributed by atoms with E-state index in [1.165, 1.54) is 17.5 Å². The molecule has 3 rings (SSSR count). The normalized spacial score (nSPS) is 13.7. The van der Waals surface area contributed by atoms with E-state index in [0.717, 1.165) is 15.6 Å². The highest BCUT2D eigenvalue weighted by Crippen LogP contribution is 2.36. The van der Waals surface area contributed by atoms with E-state index in [9.17, 15) is 14.3 Å². The summed E-state index contributed by atoms with van der Waals surface area (Å²) in [7, 11) is -2.84. The van der Waals surface area contributed by atoms with Crippen LogP contribution in [-0.4, -0.2) is 17.0 Å². The quantitative estimate of drug-likeness (QED) is 0.405. The van der Waals surface area contributed by atoms with Gasteiger partial charge in [-0.05, 0) is 58.3 Å². The number of amides is 1. The summed E-state index contributed by atoms with van der Waals surface area (Å²) in [5, 5.41) is 5.93. The van der Waals surface area contributed by atoms with Crippen molar-refractivity contribution in [1.29, 1.82) is 0 Å². The van der Waals surface area contributed by atoms with Crippen molar-refractivity contribution in [3.05, 3.63) is 70.2 Å². The van der Waals surface area contributed by atoms with Crippen LogP contribution < -0.4 is 11.1 Å². The Morgan fingerprint density at radius 1 is 1.33 bits per heavy atom. The maximum atomic E-state index is 12.7. The van der Waals surface area contributed by atoms with Gasteiger partial charge < -0.3 is 15.9 Å². The van der Waals surface area contributed by atoms with Crippen LogP contribution in [0.3, 0.4) is 0 Å². The molecule has 1 amide bonds. The molecule has 140 valence electrons. The third-order valence-corrected chi connectivity index (χ3v) is 6.02. The molecule has 4 N–H and O–H groups in total. The van der Waals surface area contributed by atoms with Gasteiger partial charge >= 0.3 is 0 Å². The number of hydrogen-bond acceptors (Lipinski definition) is 4. The highest BCUT2D eigenvalue weighted by Gasteiger charge is 2.25. The summed E-state index contributed by atoms with van der Waals surface area (Å²) in [4.78, 5) is 22.2. The van der Waals surface area contributed by atoms with Crippen LogP contribution in [0.2, 0.25) is 5.02 Å². The van der Waals surface area contributed by atoms with Crippen LogP contribution in [0, 0.1) is 0 Å². The van der Waals surface area contributed by atoms with Crippen molar-refractivity contribution in [2.24, 2.45) is 0 Å². The summed E-state index contributed by atoms with van der Waals surface area (Å²) < 4.78 is 12.5. The zero-order valence-electron chi connectivity index (χ0n) is 14.2. The molecule has 2 aromatic carbocycles. The number of anilines is 1. The third kappa shape index (κ3) is 4.99. The van der Waals surface area contributed by atoms with Crippen molar-refractivity contribution >= 4 is 58.7 Å². The Bertz CT molecular complexity index is 1030. The summed E-state index contributed by atoms with van der Waals surface area (Å²) in [6, 6.07) is 12.7. The number of nitrogen functional groups attached to an aromatic ring is 1. The minimum atomic E-state index is -2.84. The number of nitrogens with two attached hydrogens (primary N) is 1. The number of fused-ring (bicyclic) bond motifs is 1. The van der Waals surface area contributed by atoms with E-state index in [0.29, 0.717) is 16.3 Å². The van der Waals surface area contributed by atoms with Gasteiger partial charge in [0.2, 0.25) is 5.91 Å². The Morgan fingerprint density at radius 3 is 2.89 bits per heavy atom. The van der Waals surface area contributed by atoms with Gasteiger partial charge in [0, 0.05) is 27.8 Å². The number of nitrogens with one attached hydrogen (secondary N) is 1. The van der Waals surface area contributed by atoms with Crippen molar-refractivity contribution in [2.45, 2.75) is 5.92 Å². The lowest BCUT2D eigenvalue weighted by Crippen LogP contribution is -2.26. The number of hydrogen-bond donors (Lipinski definition) is 3. The topological polar surface area (TPSA) is 92.4 Å². The highest BCUT2D eigenvalue weighted by molar-refractivity contribution is 7.38. The van der Waals surface area contributed by atoms with E-state index in [2.05, 4.69) is 5.32 Å². The SMILES string of the molecule is Nc1cccc(/C=C/NC(=O)C(C[PH](=O)O)c2csc3ccc(Cl)cc23)c1. The molecule has 0 saturated carbocycles. The predicted molar refractivity (Wildman–Crippen MR) is 114 cm³/mol. The summed E-state index contributed by atoms with van der Waals surface area (Å²) in [6.07, 6.45) is 3.11. The fourth-order valence-corrected chi connectivity index (χ4v) is 4.71. The molecule has 2 unspecified atom stereocenters. The Morgan fingerprint density at radius 2 is 2.15 bits per heavy atom. The van der Waals surface area contributed by atoms with E-state index < -0.39 is 13.9 Å². The van der Waals surface area contributed by atoms with Gasteiger partial charge in [0.1, 0.15) is 0 Å². The predicted octanol–water partition coefficient (Wildman–Crippen LogP) is 4.47. The molecule has 0 aliphatic rings. The molecule has 0 radical (unpaired) electrons. The molecular formula is C19H18ClN2O3PS. The van der Waals surface area contributed by atoms with Gasteiger partial charge in [-0.15, -0.1) is 11.3 Å². The first-order valence-corrected chi connectivity index (χ1v) is 11.0. The van der Waals surface area contributed by atoms with Gasteiger partial charge in [-0.1, -0.05) is 23.7 Å². The van der Waals surface area contributed by atoms with Crippen LogP contribution in [0.15, 0.2) is 54.0 Å². The lowest BCUT2D eigenvalue weighted by molar-refractivity contribution is -0.121. The maximum absolute atomic E-state index is 12.7. The van der Waals surface area contributed by atoms with E-state index in [-0.39, 0.29) is 12.1 Å². The summed E-state index contributed by atoms with van der Waals surface area (Å²) >= 11 is 7.55. The van der Waals surface area contributed by atoms with Gasteiger partial charge in [0.15, 0.2) is 8.03 Å². The molecule has 2 atom stereocenters. The maximum Gasteiger partial charge on any atom is 0.232 e. The zero-order chi connectivity index (χ0) is 19.4. The molecular weight excluding hydrogens is 403 g/mol. The standard InChI is InChI=1S/C19H18ClN2O3PS/c20-13-4-5-18-15(9-13)17(11-27-18)16(10-26(24)25)19(23)22-7-6-12-2-1-3-14(21)8-12/h1-9,11,16,26H,10,21H2,(H,22,23)(H,24,25)/b7-6+. The van der Waals surface area contributed by atoms with E-state index >= 15 is 0 Å². The van der Waals surface area contributed by atoms with E-state index in [1.807, 2.05) is 23.6 Å². The van der Waals surface area contributed by atoms with Crippen molar-refractivity contribution in [2.75, 3.05) is 11.9 Å². The average Bonchev–Trinajstić information content (AvgIpc) is 3.02. The molecule has 3 aromatic rings. The van der Waals surface area contributed by atoms with Crippen LogP contribution >= 0.6 is 31.0 Å². The van der Waals surface area contributed by atoms with Crippen molar-refractivity contribution < 1.29 is 14.3 Å². The largest absolute Gasteiger partial charge is 0.399 e. The Kier molecular flexibility index (Phi) is 6.34. The lowest BCUT2D eigenvalue weighted by atomic mass is 9.99. The van der Waals surface area contributed by atoms with Crippen molar-refractivity contribution in [1.82, 2.24) is 5.32 Å². The van der Waals surface area contributed by atoms with Gasteiger partial charge in [0.25, 0.3) is 0 Å². The number of thiophene rings is 1. The summed E-state index contributed by atoms with van der Waals surface area (Å²) in [5.74, 6) is -1.08. The Balaban J connectivity index is 1.84. The fourth-order valence-electron chi connectivity index (χ4n) is 2.79. The summed E-state index contributed by atoms with van der Waals surface area (Å²) in [5.41, 5.74) is 7.91. The second-order valence-electron chi connectivity index (χ2n) is 5.99. The van der Waals surface area contributed by atoms with Crippen LogP contribution in [-0.2, 0) is 9.36 Å². The number of rotatable bonds is 6. The first kappa shape index (κ1) is 19.6. The second-order valence-corrected chi connectivity index (χ2v) is 8.54. The third-order valence-electron chi connectivity index (χ3n) is 4.05.